The van der Waals surface area contributed by atoms with Crippen molar-refractivity contribution in [2.45, 2.75) is 45.1 Å². The number of piperidine rings is 1. The summed E-state index contributed by atoms with van der Waals surface area (Å²) < 4.78 is 0. The molecule has 1 rings (SSSR count). The van der Waals surface area contributed by atoms with Gasteiger partial charge in [0.2, 0.25) is 5.91 Å². The van der Waals surface area contributed by atoms with Gasteiger partial charge in [0.1, 0.15) is 0 Å². The third-order valence-corrected chi connectivity index (χ3v) is 3.72. The van der Waals surface area contributed by atoms with E-state index in [2.05, 4.69) is 24.2 Å². The van der Waals surface area contributed by atoms with Crippen LogP contribution in [-0.4, -0.2) is 43.5 Å². The first-order valence-electron chi connectivity index (χ1n) is 6.80. The Hall–Kier alpha value is -0.610. The van der Waals surface area contributed by atoms with E-state index in [1.807, 2.05) is 0 Å². The largest absolute Gasteiger partial charge is 0.355 e. The number of nitrogens with two attached hydrogens (primary N) is 1. The third-order valence-electron chi connectivity index (χ3n) is 3.72. The van der Waals surface area contributed by atoms with Gasteiger partial charge in [0.25, 0.3) is 0 Å². The molecule has 0 aromatic heterocycles. The Morgan fingerprint density at radius 2 is 2.29 bits per heavy atom. The van der Waals surface area contributed by atoms with E-state index in [-0.39, 0.29) is 5.91 Å². The normalized spacial score (nSPS) is 23.4. The zero-order chi connectivity index (χ0) is 12.7. The molecular formula is C13H27N3O. The maximum atomic E-state index is 11.6. The van der Waals surface area contributed by atoms with Crippen LogP contribution in [0.1, 0.15) is 39.0 Å². The maximum absolute atomic E-state index is 11.6. The summed E-state index contributed by atoms with van der Waals surface area (Å²) in [7, 11) is 2.15. The monoisotopic (exact) mass is 241 g/mol. The Morgan fingerprint density at radius 3 is 2.94 bits per heavy atom. The molecule has 4 heteroatoms. The molecule has 1 aliphatic rings. The van der Waals surface area contributed by atoms with Crippen LogP contribution in [0.4, 0.5) is 0 Å². The summed E-state index contributed by atoms with van der Waals surface area (Å²) in [4.78, 5) is 14.0. The van der Waals surface area contributed by atoms with E-state index in [4.69, 9.17) is 5.73 Å². The fraction of sp³-hybridized carbons (Fsp3) is 0.923. The van der Waals surface area contributed by atoms with E-state index in [1.165, 1.54) is 19.3 Å². The Bertz CT molecular complexity index is 233. The minimum atomic E-state index is 0.171. The number of amides is 1. The fourth-order valence-corrected chi connectivity index (χ4v) is 2.22. The number of carbonyl (C=O) groups is 1. The highest BCUT2D eigenvalue weighted by Crippen LogP contribution is 2.14. The fourth-order valence-electron chi connectivity index (χ4n) is 2.22. The number of likely N-dealkylation sites (tertiary alicyclic amines) is 1. The lowest BCUT2D eigenvalue weighted by molar-refractivity contribution is -0.121. The summed E-state index contributed by atoms with van der Waals surface area (Å²) in [6.45, 7) is 4.71. The maximum Gasteiger partial charge on any atom is 0.220 e. The smallest absolute Gasteiger partial charge is 0.220 e. The van der Waals surface area contributed by atoms with E-state index < -0.39 is 0 Å². The standard InChI is InChI=1S/C13H27N3O/c1-11(9-14)6-7-13(17)15-10-12-5-3-4-8-16(12)2/h11-12H,3-10,14H2,1-2H3,(H,15,17). The van der Waals surface area contributed by atoms with Crippen molar-refractivity contribution in [2.24, 2.45) is 11.7 Å². The number of nitrogens with zero attached hydrogens (tertiary/aromatic N) is 1. The van der Waals surface area contributed by atoms with E-state index in [1.54, 1.807) is 0 Å². The van der Waals surface area contributed by atoms with Crippen molar-refractivity contribution in [2.75, 3.05) is 26.7 Å². The van der Waals surface area contributed by atoms with Crippen molar-refractivity contribution in [3.63, 3.8) is 0 Å². The first-order valence-corrected chi connectivity index (χ1v) is 6.80. The minimum absolute atomic E-state index is 0.171. The van der Waals surface area contributed by atoms with Crippen molar-refractivity contribution in [3.8, 4) is 0 Å². The molecule has 0 aromatic carbocycles. The molecule has 4 nitrogen and oxygen atoms in total. The highest BCUT2D eigenvalue weighted by molar-refractivity contribution is 5.75. The molecule has 1 aliphatic heterocycles. The Kier molecular flexibility index (Phi) is 6.52. The first kappa shape index (κ1) is 14.5. The van der Waals surface area contributed by atoms with Gasteiger partial charge in [-0.1, -0.05) is 13.3 Å². The highest BCUT2D eigenvalue weighted by atomic mass is 16.1. The number of carbonyl (C=O) groups excluding carboxylic acids is 1. The molecular weight excluding hydrogens is 214 g/mol. The first-order chi connectivity index (χ1) is 8.13. The van der Waals surface area contributed by atoms with Crippen molar-refractivity contribution in [1.29, 1.82) is 0 Å². The van der Waals surface area contributed by atoms with Gasteiger partial charge in [-0.05, 0) is 45.3 Å². The molecule has 0 spiro atoms. The molecule has 3 N–H and O–H groups in total. The second-order valence-corrected chi connectivity index (χ2v) is 5.31. The molecule has 0 aliphatic carbocycles. The van der Waals surface area contributed by atoms with Crippen LogP contribution in [0.5, 0.6) is 0 Å². The number of nitrogens with one attached hydrogen (secondary N) is 1. The van der Waals surface area contributed by atoms with Crippen LogP contribution in [0.15, 0.2) is 0 Å². The molecule has 0 bridgehead atoms. The topological polar surface area (TPSA) is 58.4 Å². The van der Waals surface area contributed by atoms with E-state index in [9.17, 15) is 4.79 Å². The van der Waals surface area contributed by atoms with E-state index in [0.29, 0.717) is 24.9 Å². The predicted octanol–water partition coefficient (Wildman–Crippen LogP) is 0.962. The van der Waals surface area contributed by atoms with Crippen LogP contribution >= 0.6 is 0 Å². The molecule has 2 unspecified atom stereocenters. The number of hydrogen-bond donors (Lipinski definition) is 2. The Balaban J connectivity index is 2.14. The average molecular weight is 241 g/mol. The Labute approximate surface area is 105 Å². The lowest BCUT2D eigenvalue weighted by Gasteiger charge is -2.32. The molecule has 1 saturated heterocycles. The van der Waals surface area contributed by atoms with Gasteiger partial charge in [0, 0.05) is 19.0 Å². The molecule has 0 saturated carbocycles. The van der Waals surface area contributed by atoms with Gasteiger partial charge >= 0.3 is 0 Å². The second kappa shape index (κ2) is 7.67. The van der Waals surface area contributed by atoms with Crippen molar-refractivity contribution in [3.05, 3.63) is 0 Å². The van der Waals surface area contributed by atoms with Crippen LogP contribution in [0.2, 0.25) is 0 Å². The SMILES string of the molecule is CC(CN)CCC(=O)NCC1CCCCN1C. The van der Waals surface area contributed by atoms with Crippen LogP contribution < -0.4 is 11.1 Å². The zero-order valence-corrected chi connectivity index (χ0v) is 11.2. The summed E-state index contributed by atoms with van der Waals surface area (Å²) in [5, 5.41) is 3.04. The number of hydrogen-bond acceptors (Lipinski definition) is 3. The molecule has 0 aromatic rings. The number of likely N-dealkylation sites (N-methyl/N-ethyl adjacent to an activating group) is 1. The molecule has 1 amide bonds. The quantitative estimate of drug-likeness (QED) is 0.728. The summed E-state index contributed by atoms with van der Waals surface area (Å²) in [5.41, 5.74) is 5.53. The highest BCUT2D eigenvalue weighted by Gasteiger charge is 2.19. The predicted molar refractivity (Wildman–Crippen MR) is 70.7 cm³/mol. The molecule has 17 heavy (non-hydrogen) atoms. The van der Waals surface area contributed by atoms with Crippen LogP contribution in [0, 0.1) is 5.92 Å². The molecule has 1 heterocycles. The van der Waals surface area contributed by atoms with E-state index >= 15 is 0 Å². The summed E-state index contributed by atoms with van der Waals surface area (Å²) in [5.74, 6) is 0.613. The minimum Gasteiger partial charge on any atom is -0.355 e. The van der Waals surface area contributed by atoms with Crippen LogP contribution in [0.25, 0.3) is 0 Å². The summed E-state index contributed by atoms with van der Waals surface area (Å²) in [6, 6.07) is 0.527. The van der Waals surface area contributed by atoms with Gasteiger partial charge < -0.3 is 16.0 Å². The molecule has 100 valence electrons. The molecule has 0 radical (unpaired) electrons. The van der Waals surface area contributed by atoms with Crippen LogP contribution in [0.3, 0.4) is 0 Å². The molecule has 1 fully saturated rings. The van der Waals surface area contributed by atoms with Crippen molar-refractivity contribution in [1.82, 2.24) is 10.2 Å². The van der Waals surface area contributed by atoms with Gasteiger partial charge in [0.15, 0.2) is 0 Å². The van der Waals surface area contributed by atoms with Gasteiger partial charge in [-0.15, -0.1) is 0 Å². The van der Waals surface area contributed by atoms with Crippen LogP contribution in [-0.2, 0) is 4.79 Å². The summed E-state index contributed by atoms with van der Waals surface area (Å²) in [6.07, 6.45) is 5.28. The van der Waals surface area contributed by atoms with E-state index in [0.717, 1.165) is 19.5 Å². The van der Waals surface area contributed by atoms with Crippen molar-refractivity contribution < 1.29 is 4.79 Å². The van der Waals surface area contributed by atoms with Gasteiger partial charge in [-0.25, -0.2) is 0 Å². The third kappa shape index (κ3) is 5.50. The second-order valence-electron chi connectivity index (χ2n) is 5.31. The lowest BCUT2D eigenvalue weighted by Crippen LogP contribution is -2.44. The van der Waals surface area contributed by atoms with Crippen molar-refractivity contribution >= 4 is 5.91 Å². The molecule has 2 atom stereocenters. The average Bonchev–Trinajstić information content (AvgIpc) is 2.35. The van der Waals surface area contributed by atoms with Gasteiger partial charge in [-0.3, -0.25) is 4.79 Å². The zero-order valence-electron chi connectivity index (χ0n) is 11.2. The Morgan fingerprint density at radius 1 is 1.53 bits per heavy atom. The van der Waals surface area contributed by atoms with Gasteiger partial charge in [-0.2, -0.15) is 0 Å². The summed E-state index contributed by atoms with van der Waals surface area (Å²) >= 11 is 0. The van der Waals surface area contributed by atoms with Gasteiger partial charge in [0.05, 0.1) is 0 Å². The number of rotatable bonds is 6. The lowest BCUT2D eigenvalue weighted by atomic mass is 10.0.